The standard InChI is InChI=1S/C19H18N2O6S/c1-26-14-5-4-13-10-16(19(23)27-17(13)11-14)18(22)21-9-8-12-2-6-15(7-3-12)28(20,24)25/h2-7,10-11H,8-9H2,1H3,(H,21,22)(H2,20,24,25). The van der Waals surface area contributed by atoms with Crippen LogP contribution in [-0.2, 0) is 16.4 Å². The van der Waals surface area contributed by atoms with Crippen molar-refractivity contribution in [2.24, 2.45) is 5.14 Å². The van der Waals surface area contributed by atoms with Gasteiger partial charge in [-0.1, -0.05) is 12.1 Å². The van der Waals surface area contributed by atoms with Crippen LogP contribution in [0.25, 0.3) is 11.0 Å². The second-order valence-electron chi connectivity index (χ2n) is 6.05. The van der Waals surface area contributed by atoms with Gasteiger partial charge in [-0.3, -0.25) is 4.79 Å². The van der Waals surface area contributed by atoms with Crippen LogP contribution < -0.4 is 20.8 Å². The Hall–Kier alpha value is -3.17. The molecule has 0 aliphatic carbocycles. The van der Waals surface area contributed by atoms with Gasteiger partial charge in [0.1, 0.15) is 16.9 Å². The minimum absolute atomic E-state index is 0.0192. The monoisotopic (exact) mass is 402 g/mol. The van der Waals surface area contributed by atoms with E-state index in [0.29, 0.717) is 23.1 Å². The Morgan fingerprint density at radius 2 is 1.86 bits per heavy atom. The molecule has 3 aromatic rings. The number of primary sulfonamides is 1. The van der Waals surface area contributed by atoms with Gasteiger partial charge in [-0.2, -0.15) is 0 Å². The molecule has 1 aromatic heterocycles. The molecule has 0 bridgehead atoms. The second-order valence-corrected chi connectivity index (χ2v) is 7.61. The summed E-state index contributed by atoms with van der Waals surface area (Å²) < 4.78 is 32.8. The number of ether oxygens (including phenoxy) is 1. The lowest BCUT2D eigenvalue weighted by Gasteiger charge is -2.07. The highest BCUT2D eigenvalue weighted by atomic mass is 32.2. The van der Waals surface area contributed by atoms with E-state index in [2.05, 4.69) is 5.32 Å². The maximum Gasteiger partial charge on any atom is 0.349 e. The van der Waals surface area contributed by atoms with Gasteiger partial charge in [0, 0.05) is 18.0 Å². The Morgan fingerprint density at radius 3 is 2.50 bits per heavy atom. The first-order chi connectivity index (χ1) is 13.3. The van der Waals surface area contributed by atoms with Crippen LogP contribution in [0.4, 0.5) is 0 Å². The van der Waals surface area contributed by atoms with Crippen LogP contribution in [0.2, 0.25) is 0 Å². The number of rotatable bonds is 6. The van der Waals surface area contributed by atoms with E-state index in [1.807, 2.05) is 0 Å². The van der Waals surface area contributed by atoms with Gasteiger partial charge in [0.15, 0.2) is 0 Å². The van der Waals surface area contributed by atoms with Crippen molar-refractivity contribution in [1.82, 2.24) is 5.32 Å². The van der Waals surface area contributed by atoms with Crippen molar-refractivity contribution < 1.29 is 22.4 Å². The number of hydrogen-bond acceptors (Lipinski definition) is 6. The molecule has 0 aliphatic rings. The van der Waals surface area contributed by atoms with Gasteiger partial charge in [0.2, 0.25) is 10.0 Å². The molecule has 2 aromatic carbocycles. The smallest absolute Gasteiger partial charge is 0.349 e. The third kappa shape index (κ3) is 4.38. The minimum Gasteiger partial charge on any atom is -0.497 e. The van der Waals surface area contributed by atoms with Gasteiger partial charge in [-0.25, -0.2) is 18.4 Å². The third-order valence-electron chi connectivity index (χ3n) is 4.14. The number of sulfonamides is 1. The average Bonchev–Trinajstić information content (AvgIpc) is 2.66. The van der Waals surface area contributed by atoms with Crippen LogP contribution in [0.15, 0.2) is 62.6 Å². The molecular weight excluding hydrogens is 384 g/mol. The molecule has 9 heteroatoms. The summed E-state index contributed by atoms with van der Waals surface area (Å²) >= 11 is 0. The van der Waals surface area contributed by atoms with Crippen LogP contribution in [0, 0.1) is 0 Å². The molecule has 1 heterocycles. The van der Waals surface area contributed by atoms with E-state index in [0.717, 1.165) is 5.56 Å². The first kappa shape index (κ1) is 19.6. The molecule has 0 unspecified atom stereocenters. The highest BCUT2D eigenvalue weighted by Crippen LogP contribution is 2.20. The summed E-state index contributed by atoms with van der Waals surface area (Å²) in [6.07, 6.45) is 0.451. The van der Waals surface area contributed by atoms with Gasteiger partial charge in [-0.15, -0.1) is 0 Å². The van der Waals surface area contributed by atoms with Crippen molar-refractivity contribution in [3.63, 3.8) is 0 Å². The van der Waals surface area contributed by atoms with Gasteiger partial charge >= 0.3 is 5.63 Å². The predicted molar refractivity (Wildman–Crippen MR) is 103 cm³/mol. The Kier molecular flexibility index (Phi) is 5.48. The molecule has 0 atom stereocenters. The molecule has 0 spiro atoms. The van der Waals surface area contributed by atoms with E-state index < -0.39 is 21.6 Å². The van der Waals surface area contributed by atoms with E-state index in [9.17, 15) is 18.0 Å². The number of amides is 1. The van der Waals surface area contributed by atoms with Crippen molar-refractivity contribution in [1.29, 1.82) is 0 Å². The molecule has 146 valence electrons. The molecule has 0 fully saturated rings. The highest BCUT2D eigenvalue weighted by Gasteiger charge is 2.14. The van der Waals surface area contributed by atoms with Gasteiger partial charge in [-0.05, 0) is 42.3 Å². The number of carbonyl (C=O) groups is 1. The van der Waals surface area contributed by atoms with E-state index in [1.54, 1.807) is 30.3 Å². The number of methoxy groups -OCH3 is 1. The van der Waals surface area contributed by atoms with Gasteiger partial charge < -0.3 is 14.5 Å². The summed E-state index contributed by atoms with van der Waals surface area (Å²) in [5.41, 5.74) is 0.305. The van der Waals surface area contributed by atoms with E-state index in [1.165, 1.54) is 25.3 Å². The number of nitrogens with one attached hydrogen (secondary N) is 1. The zero-order chi connectivity index (χ0) is 20.3. The number of benzene rings is 2. The van der Waals surface area contributed by atoms with E-state index >= 15 is 0 Å². The third-order valence-corrected chi connectivity index (χ3v) is 5.07. The van der Waals surface area contributed by atoms with Crippen molar-refractivity contribution in [3.8, 4) is 5.75 Å². The molecule has 0 aliphatic heterocycles. The molecular formula is C19H18N2O6S. The van der Waals surface area contributed by atoms with Gasteiger partial charge in [0.25, 0.3) is 5.91 Å². The number of nitrogens with two attached hydrogens (primary N) is 1. The Bertz CT molecular complexity index is 1180. The van der Waals surface area contributed by atoms with Crippen LogP contribution in [0.1, 0.15) is 15.9 Å². The zero-order valence-corrected chi connectivity index (χ0v) is 15.8. The molecule has 3 N–H and O–H groups in total. The molecule has 28 heavy (non-hydrogen) atoms. The van der Waals surface area contributed by atoms with Crippen molar-refractivity contribution in [2.75, 3.05) is 13.7 Å². The summed E-state index contributed by atoms with van der Waals surface area (Å²) in [7, 11) is -2.24. The maximum atomic E-state index is 12.3. The molecule has 0 radical (unpaired) electrons. The van der Waals surface area contributed by atoms with Crippen LogP contribution in [0.3, 0.4) is 0 Å². The fourth-order valence-corrected chi connectivity index (χ4v) is 3.15. The van der Waals surface area contributed by atoms with E-state index in [-0.39, 0.29) is 17.0 Å². The largest absolute Gasteiger partial charge is 0.497 e. The summed E-state index contributed by atoms with van der Waals surface area (Å²) in [5, 5.41) is 8.31. The fourth-order valence-electron chi connectivity index (χ4n) is 2.64. The number of hydrogen-bond donors (Lipinski definition) is 2. The predicted octanol–water partition coefficient (Wildman–Crippen LogP) is 1.42. The van der Waals surface area contributed by atoms with Crippen molar-refractivity contribution in [3.05, 3.63) is 70.1 Å². The summed E-state index contributed by atoms with van der Waals surface area (Å²) in [6.45, 7) is 0.258. The van der Waals surface area contributed by atoms with Crippen LogP contribution in [0.5, 0.6) is 5.75 Å². The lowest BCUT2D eigenvalue weighted by atomic mass is 10.1. The van der Waals surface area contributed by atoms with E-state index in [4.69, 9.17) is 14.3 Å². The van der Waals surface area contributed by atoms with Crippen LogP contribution in [-0.4, -0.2) is 28.0 Å². The number of fused-ring (bicyclic) bond motifs is 1. The zero-order valence-electron chi connectivity index (χ0n) is 15.0. The Morgan fingerprint density at radius 1 is 1.14 bits per heavy atom. The summed E-state index contributed by atoms with van der Waals surface area (Å²) in [4.78, 5) is 24.4. The van der Waals surface area contributed by atoms with Crippen molar-refractivity contribution in [2.45, 2.75) is 11.3 Å². The molecule has 8 nitrogen and oxygen atoms in total. The first-order valence-electron chi connectivity index (χ1n) is 8.30. The quantitative estimate of drug-likeness (QED) is 0.600. The minimum atomic E-state index is -3.74. The Balaban J connectivity index is 1.68. The topological polar surface area (TPSA) is 129 Å². The second kappa shape index (κ2) is 7.83. The lowest BCUT2D eigenvalue weighted by Crippen LogP contribution is -2.29. The average molecular weight is 402 g/mol. The molecule has 0 saturated heterocycles. The van der Waals surface area contributed by atoms with Crippen LogP contribution >= 0.6 is 0 Å². The lowest BCUT2D eigenvalue weighted by molar-refractivity contribution is 0.0950. The van der Waals surface area contributed by atoms with Gasteiger partial charge in [0.05, 0.1) is 12.0 Å². The molecule has 1 amide bonds. The summed E-state index contributed by atoms with van der Waals surface area (Å²) in [6, 6.07) is 12.5. The SMILES string of the molecule is COc1ccc2cc(C(=O)NCCc3ccc(S(N)(=O)=O)cc3)c(=O)oc2c1. The highest BCUT2D eigenvalue weighted by molar-refractivity contribution is 7.89. The normalized spacial score (nSPS) is 11.4. The van der Waals surface area contributed by atoms with Crippen molar-refractivity contribution >= 4 is 26.9 Å². The Labute approximate surface area is 161 Å². The maximum absolute atomic E-state index is 12.3. The first-order valence-corrected chi connectivity index (χ1v) is 9.84. The summed E-state index contributed by atoms with van der Waals surface area (Å²) in [5.74, 6) is -0.00562. The molecule has 3 rings (SSSR count). The number of carbonyl (C=O) groups excluding carboxylic acids is 1. The fraction of sp³-hybridized carbons (Fsp3) is 0.158. The molecule has 0 saturated carbocycles.